The SMILES string of the molecule is Nn1ccc2ncsc2c1=S. The minimum atomic E-state index is 0.644. The molecule has 2 aromatic rings. The van der Waals surface area contributed by atoms with Gasteiger partial charge in [-0.05, 0) is 6.07 Å². The van der Waals surface area contributed by atoms with Crippen molar-refractivity contribution in [1.82, 2.24) is 9.66 Å². The molecule has 0 radical (unpaired) electrons. The second kappa shape index (κ2) is 2.28. The number of nitrogens with zero attached hydrogens (tertiary/aromatic N) is 2. The number of thiazole rings is 1. The van der Waals surface area contributed by atoms with Crippen molar-refractivity contribution in [2.75, 3.05) is 5.84 Å². The van der Waals surface area contributed by atoms with Gasteiger partial charge in [0.15, 0.2) is 0 Å². The van der Waals surface area contributed by atoms with Gasteiger partial charge in [0.1, 0.15) is 4.64 Å². The van der Waals surface area contributed by atoms with Crippen molar-refractivity contribution in [2.24, 2.45) is 0 Å². The van der Waals surface area contributed by atoms with E-state index in [1.54, 1.807) is 11.7 Å². The number of hydrogen-bond acceptors (Lipinski definition) is 4. The van der Waals surface area contributed by atoms with Crippen LogP contribution in [0.4, 0.5) is 0 Å². The molecule has 0 aliphatic rings. The van der Waals surface area contributed by atoms with Crippen LogP contribution in [0.2, 0.25) is 0 Å². The van der Waals surface area contributed by atoms with Gasteiger partial charge >= 0.3 is 0 Å². The van der Waals surface area contributed by atoms with Crippen molar-refractivity contribution in [3.63, 3.8) is 0 Å². The molecule has 0 aromatic carbocycles. The molecule has 2 aromatic heterocycles. The predicted molar refractivity (Wildman–Crippen MR) is 48.6 cm³/mol. The Morgan fingerprint density at radius 2 is 2.45 bits per heavy atom. The van der Waals surface area contributed by atoms with Crippen LogP contribution in [0.3, 0.4) is 0 Å². The second-order valence-corrected chi connectivity index (χ2v) is 3.34. The Morgan fingerprint density at radius 3 is 3.27 bits per heavy atom. The first-order valence-electron chi connectivity index (χ1n) is 2.99. The van der Waals surface area contributed by atoms with Gasteiger partial charge in [0.2, 0.25) is 0 Å². The van der Waals surface area contributed by atoms with Gasteiger partial charge < -0.3 is 5.84 Å². The fraction of sp³-hybridized carbons (Fsp3) is 0. The summed E-state index contributed by atoms with van der Waals surface area (Å²) < 4.78 is 3.05. The lowest BCUT2D eigenvalue weighted by Crippen LogP contribution is -2.08. The molecule has 0 atom stereocenters. The van der Waals surface area contributed by atoms with Crippen LogP contribution in [0.15, 0.2) is 17.8 Å². The summed E-state index contributed by atoms with van der Waals surface area (Å²) in [5.41, 5.74) is 2.68. The van der Waals surface area contributed by atoms with E-state index < -0.39 is 0 Å². The molecule has 2 rings (SSSR count). The van der Waals surface area contributed by atoms with E-state index in [-0.39, 0.29) is 0 Å². The van der Waals surface area contributed by atoms with Crippen molar-refractivity contribution in [3.05, 3.63) is 22.4 Å². The molecular formula is C6H5N3S2. The summed E-state index contributed by atoms with van der Waals surface area (Å²) in [5, 5.41) is 0. The van der Waals surface area contributed by atoms with E-state index >= 15 is 0 Å². The topological polar surface area (TPSA) is 43.8 Å². The largest absolute Gasteiger partial charge is 0.338 e. The maximum atomic E-state index is 5.54. The third kappa shape index (κ3) is 0.928. The zero-order chi connectivity index (χ0) is 7.84. The first kappa shape index (κ1) is 6.75. The molecule has 11 heavy (non-hydrogen) atoms. The van der Waals surface area contributed by atoms with E-state index in [1.807, 2.05) is 6.07 Å². The zero-order valence-corrected chi connectivity index (χ0v) is 7.15. The quantitative estimate of drug-likeness (QED) is 0.497. The molecule has 5 heteroatoms. The third-order valence-corrected chi connectivity index (χ3v) is 2.81. The third-order valence-electron chi connectivity index (χ3n) is 1.42. The average Bonchev–Trinajstić information content (AvgIpc) is 2.45. The molecular weight excluding hydrogens is 178 g/mol. The summed E-state index contributed by atoms with van der Waals surface area (Å²) in [6.07, 6.45) is 1.71. The summed E-state index contributed by atoms with van der Waals surface area (Å²) in [5.74, 6) is 5.54. The maximum Gasteiger partial charge on any atom is 0.144 e. The van der Waals surface area contributed by atoms with Crippen molar-refractivity contribution >= 4 is 33.8 Å². The number of nitrogens with two attached hydrogens (primary N) is 1. The Labute approximate surface area is 72.1 Å². The van der Waals surface area contributed by atoms with Crippen molar-refractivity contribution < 1.29 is 0 Å². The Balaban J connectivity index is 3.05. The molecule has 0 aliphatic heterocycles. The number of fused-ring (bicyclic) bond motifs is 1. The standard InChI is InChI=1S/C6H5N3S2/c7-9-2-1-4-5(6(9)10)11-3-8-4/h1-3H,7H2. The van der Waals surface area contributed by atoms with E-state index in [9.17, 15) is 0 Å². The number of aromatic nitrogens is 2. The minimum Gasteiger partial charge on any atom is -0.338 e. The number of pyridine rings is 1. The lowest BCUT2D eigenvalue weighted by atomic mass is 10.4. The van der Waals surface area contributed by atoms with Crippen molar-refractivity contribution in [2.45, 2.75) is 0 Å². The Bertz CT molecular complexity index is 442. The Hall–Kier alpha value is -0.940. The van der Waals surface area contributed by atoms with Crippen molar-refractivity contribution in [1.29, 1.82) is 0 Å². The maximum absolute atomic E-state index is 5.54. The first-order chi connectivity index (χ1) is 5.29. The van der Waals surface area contributed by atoms with Crippen LogP contribution in [-0.4, -0.2) is 9.66 Å². The number of rotatable bonds is 0. The average molecular weight is 183 g/mol. The highest BCUT2D eigenvalue weighted by atomic mass is 32.1. The van der Waals surface area contributed by atoms with E-state index in [4.69, 9.17) is 18.1 Å². The van der Waals surface area contributed by atoms with E-state index in [0.29, 0.717) is 4.64 Å². The molecule has 0 saturated carbocycles. The summed E-state index contributed by atoms with van der Waals surface area (Å²) in [4.78, 5) is 4.10. The van der Waals surface area contributed by atoms with Crippen LogP contribution in [0.25, 0.3) is 10.2 Å². The van der Waals surface area contributed by atoms with Gasteiger partial charge in [0.25, 0.3) is 0 Å². The molecule has 0 bridgehead atoms. The smallest absolute Gasteiger partial charge is 0.144 e. The van der Waals surface area contributed by atoms with Gasteiger partial charge in [-0.2, -0.15) is 0 Å². The van der Waals surface area contributed by atoms with Crippen LogP contribution >= 0.6 is 23.6 Å². The molecule has 0 unspecified atom stereocenters. The highest BCUT2D eigenvalue weighted by Crippen LogP contribution is 2.17. The highest BCUT2D eigenvalue weighted by Gasteiger charge is 1.98. The van der Waals surface area contributed by atoms with Crippen LogP contribution in [0, 0.1) is 4.64 Å². The van der Waals surface area contributed by atoms with Crippen LogP contribution < -0.4 is 5.84 Å². The molecule has 2 N–H and O–H groups in total. The van der Waals surface area contributed by atoms with Gasteiger partial charge in [-0.1, -0.05) is 12.2 Å². The van der Waals surface area contributed by atoms with Crippen LogP contribution in [0.5, 0.6) is 0 Å². The predicted octanol–water partition coefficient (Wildman–Crippen LogP) is 1.54. The molecule has 0 saturated heterocycles. The lowest BCUT2D eigenvalue weighted by molar-refractivity contribution is 0.985. The fourth-order valence-electron chi connectivity index (χ4n) is 0.869. The number of nitrogen functional groups attached to an aromatic ring is 1. The summed E-state index contributed by atoms with van der Waals surface area (Å²) in [7, 11) is 0. The molecule has 0 amide bonds. The fourth-order valence-corrected chi connectivity index (χ4v) is 1.90. The lowest BCUT2D eigenvalue weighted by Gasteiger charge is -1.96. The van der Waals surface area contributed by atoms with Gasteiger partial charge in [-0.15, -0.1) is 11.3 Å². The molecule has 0 fully saturated rings. The van der Waals surface area contributed by atoms with Crippen molar-refractivity contribution in [3.8, 4) is 0 Å². The normalized spacial score (nSPS) is 10.5. The van der Waals surface area contributed by atoms with Crippen LogP contribution in [0.1, 0.15) is 0 Å². The summed E-state index contributed by atoms with van der Waals surface area (Å²) in [6.45, 7) is 0. The first-order valence-corrected chi connectivity index (χ1v) is 4.28. The van der Waals surface area contributed by atoms with Gasteiger partial charge in [-0.25, -0.2) is 4.98 Å². The second-order valence-electron chi connectivity index (χ2n) is 2.09. The molecule has 3 nitrogen and oxygen atoms in total. The van der Waals surface area contributed by atoms with E-state index in [0.717, 1.165) is 10.2 Å². The van der Waals surface area contributed by atoms with Gasteiger partial charge in [0.05, 0.1) is 15.7 Å². The van der Waals surface area contributed by atoms with E-state index in [2.05, 4.69) is 4.98 Å². The Morgan fingerprint density at radius 1 is 1.64 bits per heavy atom. The minimum absolute atomic E-state index is 0.644. The monoisotopic (exact) mass is 183 g/mol. The zero-order valence-electron chi connectivity index (χ0n) is 5.52. The summed E-state index contributed by atoms with van der Waals surface area (Å²) in [6, 6.07) is 1.85. The molecule has 0 spiro atoms. The number of hydrogen-bond donors (Lipinski definition) is 1. The summed E-state index contributed by atoms with van der Waals surface area (Å²) >= 11 is 6.57. The van der Waals surface area contributed by atoms with Crippen LogP contribution in [-0.2, 0) is 0 Å². The molecule has 56 valence electrons. The van der Waals surface area contributed by atoms with Gasteiger partial charge in [0, 0.05) is 6.20 Å². The molecule has 0 aliphatic carbocycles. The highest BCUT2D eigenvalue weighted by molar-refractivity contribution is 7.71. The van der Waals surface area contributed by atoms with E-state index in [1.165, 1.54) is 16.0 Å². The van der Waals surface area contributed by atoms with Gasteiger partial charge in [-0.3, -0.25) is 4.68 Å². The Kier molecular flexibility index (Phi) is 1.40. The molecule has 2 heterocycles.